The van der Waals surface area contributed by atoms with Gasteiger partial charge in [0.05, 0.1) is 11.0 Å². The minimum absolute atomic E-state index is 0.213. The molecule has 0 aromatic carbocycles. The predicted molar refractivity (Wildman–Crippen MR) is 65.1 cm³/mol. The van der Waals surface area contributed by atoms with E-state index < -0.39 is 11.7 Å². The first kappa shape index (κ1) is 14.2. The number of likely N-dealkylation sites (N-methyl/N-ethyl adjacent to an activating group) is 1. The van der Waals surface area contributed by atoms with Crippen LogP contribution in [0.4, 0.5) is 4.79 Å². The summed E-state index contributed by atoms with van der Waals surface area (Å²) in [6.45, 7) is 9.97. The van der Waals surface area contributed by atoms with Gasteiger partial charge in [-0.15, -0.1) is 0 Å². The number of ether oxygens (including phenoxy) is 1. The second kappa shape index (κ2) is 5.90. The summed E-state index contributed by atoms with van der Waals surface area (Å²) in [5.41, 5.74) is -0.483. The summed E-state index contributed by atoms with van der Waals surface area (Å²) < 4.78 is 5.10. The van der Waals surface area contributed by atoms with Crippen LogP contribution in [0.2, 0.25) is 0 Å². The SMILES string of the molecule is CCNC(=S)[C@@H](C)NC(=O)OC(C)(C)C. The van der Waals surface area contributed by atoms with E-state index in [1.807, 2.05) is 34.6 Å². The molecule has 0 spiro atoms. The summed E-state index contributed by atoms with van der Waals surface area (Å²) in [5, 5.41) is 5.63. The molecule has 0 saturated carbocycles. The van der Waals surface area contributed by atoms with Gasteiger partial charge >= 0.3 is 6.09 Å². The Bertz CT molecular complexity index is 236. The van der Waals surface area contributed by atoms with Crippen molar-refractivity contribution < 1.29 is 9.53 Å². The molecule has 0 aromatic heterocycles. The highest BCUT2D eigenvalue weighted by Gasteiger charge is 2.18. The van der Waals surface area contributed by atoms with Crippen molar-refractivity contribution in [3.63, 3.8) is 0 Å². The van der Waals surface area contributed by atoms with Crippen LogP contribution in [0.3, 0.4) is 0 Å². The first-order valence-electron chi connectivity index (χ1n) is 5.03. The summed E-state index contributed by atoms with van der Waals surface area (Å²) in [5.74, 6) is 0. The molecule has 4 nitrogen and oxygen atoms in total. The monoisotopic (exact) mass is 232 g/mol. The van der Waals surface area contributed by atoms with Gasteiger partial charge in [0, 0.05) is 6.54 Å². The van der Waals surface area contributed by atoms with Crippen LogP contribution < -0.4 is 10.6 Å². The Morgan fingerprint density at radius 2 is 2.00 bits per heavy atom. The molecule has 0 aliphatic carbocycles. The van der Waals surface area contributed by atoms with E-state index >= 15 is 0 Å². The minimum atomic E-state index is -0.483. The largest absolute Gasteiger partial charge is 0.444 e. The molecule has 1 amide bonds. The maximum atomic E-state index is 11.4. The lowest BCUT2D eigenvalue weighted by Gasteiger charge is -2.22. The van der Waals surface area contributed by atoms with Gasteiger partial charge in [-0.05, 0) is 34.6 Å². The third-order valence-electron chi connectivity index (χ3n) is 1.48. The van der Waals surface area contributed by atoms with E-state index in [1.165, 1.54) is 0 Å². The number of hydrogen-bond acceptors (Lipinski definition) is 3. The molecule has 5 heteroatoms. The molecule has 2 N–H and O–H groups in total. The fourth-order valence-electron chi connectivity index (χ4n) is 0.877. The van der Waals surface area contributed by atoms with E-state index in [1.54, 1.807) is 0 Å². The van der Waals surface area contributed by atoms with Crippen molar-refractivity contribution >= 4 is 23.3 Å². The highest BCUT2D eigenvalue weighted by atomic mass is 32.1. The van der Waals surface area contributed by atoms with Gasteiger partial charge in [-0.3, -0.25) is 0 Å². The zero-order valence-corrected chi connectivity index (χ0v) is 10.8. The van der Waals surface area contributed by atoms with Crippen molar-refractivity contribution in [2.45, 2.75) is 46.3 Å². The maximum absolute atomic E-state index is 11.4. The Kier molecular flexibility index (Phi) is 5.57. The van der Waals surface area contributed by atoms with Crippen LogP contribution in [0.5, 0.6) is 0 Å². The molecule has 0 rings (SSSR count). The molecule has 0 unspecified atom stereocenters. The quantitative estimate of drug-likeness (QED) is 0.729. The van der Waals surface area contributed by atoms with Crippen LogP contribution >= 0.6 is 12.2 Å². The molecule has 0 radical (unpaired) electrons. The molecule has 0 aliphatic heterocycles. The van der Waals surface area contributed by atoms with Gasteiger partial charge in [-0.2, -0.15) is 0 Å². The van der Waals surface area contributed by atoms with E-state index in [0.717, 1.165) is 6.54 Å². The highest BCUT2D eigenvalue weighted by Crippen LogP contribution is 2.06. The number of rotatable bonds is 3. The van der Waals surface area contributed by atoms with E-state index in [4.69, 9.17) is 17.0 Å². The lowest BCUT2D eigenvalue weighted by Crippen LogP contribution is -2.45. The molecule has 0 saturated heterocycles. The van der Waals surface area contributed by atoms with Crippen molar-refractivity contribution in [2.75, 3.05) is 6.54 Å². The molecule has 0 fully saturated rings. The molecule has 0 aromatic rings. The number of carbonyl (C=O) groups excluding carboxylic acids is 1. The smallest absolute Gasteiger partial charge is 0.408 e. The van der Waals surface area contributed by atoms with E-state index in [2.05, 4.69) is 10.6 Å². The van der Waals surface area contributed by atoms with Crippen molar-refractivity contribution in [1.29, 1.82) is 0 Å². The lowest BCUT2D eigenvalue weighted by atomic mass is 10.2. The fraction of sp³-hybridized carbons (Fsp3) is 0.800. The summed E-state index contributed by atoms with van der Waals surface area (Å²) in [7, 11) is 0. The molecule has 15 heavy (non-hydrogen) atoms. The number of carbonyl (C=O) groups is 1. The van der Waals surface area contributed by atoms with Crippen molar-refractivity contribution in [1.82, 2.24) is 10.6 Å². The molecule has 0 aliphatic rings. The van der Waals surface area contributed by atoms with Crippen LogP contribution in [0.25, 0.3) is 0 Å². The van der Waals surface area contributed by atoms with Crippen LogP contribution in [-0.2, 0) is 4.74 Å². The van der Waals surface area contributed by atoms with Crippen LogP contribution in [0.15, 0.2) is 0 Å². The topological polar surface area (TPSA) is 50.4 Å². The Morgan fingerprint density at radius 1 is 1.47 bits per heavy atom. The van der Waals surface area contributed by atoms with Crippen LogP contribution in [0, 0.1) is 0 Å². The van der Waals surface area contributed by atoms with Crippen molar-refractivity contribution in [3.05, 3.63) is 0 Å². The third kappa shape index (κ3) is 7.13. The van der Waals surface area contributed by atoms with Gasteiger partial charge in [0.1, 0.15) is 5.60 Å². The number of alkyl carbamates (subject to hydrolysis) is 1. The van der Waals surface area contributed by atoms with Crippen molar-refractivity contribution in [2.24, 2.45) is 0 Å². The Hall–Kier alpha value is -0.840. The van der Waals surface area contributed by atoms with Gasteiger partial charge < -0.3 is 15.4 Å². The molecular weight excluding hydrogens is 212 g/mol. The summed E-state index contributed by atoms with van der Waals surface area (Å²) in [6, 6.07) is -0.213. The first-order valence-corrected chi connectivity index (χ1v) is 5.44. The highest BCUT2D eigenvalue weighted by molar-refractivity contribution is 7.80. The normalized spacial score (nSPS) is 12.9. The Morgan fingerprint density at radius 3 is 2.40 bits per heavy atom. The van der Waals surface area contributed by atoms with Gasteiger partial charge in [0.15, 0.2) is 0 Å². The standard InChI is InChI=1S/C10H20N2O2S/c1-6-11-8(15)7(2)12-9(13)14-10(3,4)5/h7H,6H2,1-5H3,(H,11,15)(H,12,13)/t7-/m1/s1. The van der Waals surface area contributed by atoms with E-state index in [9.17, 15) is 4.79 Å². The van der Waals surface area contributed by atoms with E-state index in [0.29, 0.717) is 4.99 Å². The predicted octanol–water partition coefficient (Wildman–Crippen LogP) is 1.84. The second-order valence-electron chi connectivity index (χ2n) is 4.26. The van der Waals surface area contributed by atoms with E-state index in [-0.39, 0.29) is 6.04 Å². The van der Waals surface area contributed by atoms with Crippen molar-refractivity contribution in [3.8, 4) is 0 Å². The molecular formula is C10H20N2O2S. The number of hydrogen-bond donors (Lipinski definition) is 2. The minimum Gasteiger partial charge on any atom is -0.444 e. The number of thiocarbonyl (C=S) groups is 1. The first-order chi connectivity index (χ1) is 6.76. The summed E-state index contributed by atoms with van der Waals surface area (Å²) in [6.07, 6.45) is -0.449. The second-order valence-corrected chi connectivity index (χ2v) is 4.70. The fourth-order valence-corrected chi connectivity index (χ4v) is 1.08. The molecule has 0 heterocycles. The van der Waals surface area contributed by atoms with Crippen LogP contribution in [0.1, 0.15) is 34.6 Å². The van der Waals surface area contributed by atoms with Gasteiger partial charge in [0.2, 0.25) is 0 Å². The summed E-state index contributed by atoms with van der Waals surface area (Å²) in [4.78, 5) is 12.0. The third-order valence-corrected chi connectivity index (χ3v) is 1.98. The number of nitrogens with one attached hydrogen (secondary N) is 2. The molecule has 1 atom stereocenters. The maximum Gasteiger partial charge on any atom is 0.408 e. The zero-order valence-electron chi connectivity index (χ0n) is 10.0. The van der Waals surface area contributed by atoms with Crippen LogP contribution in [-0.4, -0.2) is 29.3 Å². The Balaban J connectivity index is 4.02. The lowest BCUT2D eigenvalue weighted by molar-refractivity contribution is 0.0521. The zero-order chi connectivity index (χ0) is 12.1. The molecule has 0 bridgehead atoms. The average Bonchev–Trinajstić information content (AvgIpc) is 2.00. The number of amides is 1. The van der Waals surface area contributed by atoms with Gasteiger partial charge in [-0.25, -0.2) is 4.79 Å². The average molecular weight is 232 g/mol. The Labute approximate surface area is 96.8 Å². The molecule has 88 valence electrons. The van der Waals surface area contributed by atoms with Gasteiger partial charge in [0.25, 0.3) is 0 Å². The van der Waals surface area contributed by atoms with Gasteiger partial charge in [-0.1, -0.05) is 12.2 Å². The summed E-state index contributed by atoms with van der Waals surface area (Å²) >= 11 is 5.05.